The Kier molecular flexibility index (Phi) is 8.74. The lowest BCUT2D eigenvalue weighted by atomic mass is 9.80. The van der Waals surface area contributed by atoms with Crippen LogP contribution in [0.2, 0.25) is 0 Å². The van der Waals surface area contributed by atoms with E-state index in [9.17, 15) is 9.59 Å². The van der Waals surface area contributed by atoms with Crippen molar-refractivity contribution in [2.75, 3.05) is 44.2 Å². The lowest BCUT2D eigenvalue weighted by Gasteiger charge is -2.48. The summed E-state index contributed by atoms with van der Waals surface area (Å²) in [6, 6.07) is 17.8. The Morgan fingerprint density at radius 2 is 1.74 bits per heavy atom. The topological polar surface area (TPSA) is 111 Å². The zero-order chi connectivity index (χ0) is 26.7. The van der Waals surface area contributed by atoms with E-state index in [4.69, 9.17) is 10.2 Å². The molecule has 206 valence electrons. The van der Waals surface area contributed by atoms with E-state index in [0.29, 0.717) is 6.04 Å². The number of anilines is 1. The number of fused-ring (bicyclic) bond motifs is 1. The second-order valence-corrected chi connectivity index (χ2v) is 10.2. The first-order valence-corrected chi connectivity index (χ1v) is 12.9. The van der Waals surface area contributed by atoms with Gasteiger partial charge in [0, 0.05) is 62.0 Å². The second kappa shape index (κ2) is 12.0. The van der Waals surface area contributed by atoms with Gasteiger partial charge in [-0.25, -0.2) is 9.48 Å². The monoisotopic (exact) mass is 551 g/mol. The van der Waals surface area contributed by atoms with Gasteiger partial charge in [0.15, 0.2) is 0 Å². The normalized spacial score (nSPS) is 21.3. The van der Waals surface area contributed by atoms with Gasteiger partial charge in [-0.3, -0.25) is 9.69 Å². The Bertz CT molecular complexity index is 1380. The van der Waals surface area contributed by atoms with Crippen LogP contribution in [0.4, 0.5) is 5.69 Å². The molecule has 2 aromatic carbocycles. The fourth-order valence-corrected chi connectivity index (χ4v) is 5.11. The summed E-state index contributed by atoms with van der Waals surface area (Å²) < 4.78 is 2.03. The van der Waals surface area contributed by atoms with Crippen molar-refractivity contribution >= 4 is 40.9 Å². The van der Waals surface area contributed by atoms with E-state index in [-0.39, 0.29) is 24.4 Å². The summed E-state index contributed by atoms with van der Waals surface area (Å²) in [6.45, 7) is 8.37. The van der Waals surface area contributed by atoms with Gasteiger partial charge in [-0.2, -0.15) is 5.10 Å². The predicted molar refractivity (Wildman–Crippen MR) is 154 cm³/mol. The van der Waals surface area contributed by atoms with Crippen LogP contribution in [0.1, 0.15) is 13.3 Å². The molecule has 3 N–H and O–H groups in total. The third-order valence-electron chi connectivity index (χ3n) is 7.53. The Morgan fingerprint density at radius 3 is 2.41 bits per heavy atom. The molecule has 39 heavy (non-hydrogen) atoms. The first-order chi connectivity index (χ1) is 18.3. The highest BCUT2D eigenvalue weighted by molar-refractivity contribution is 5.90. The number of rotatable bonds is 5. The summed E-state index contributed by atoms with van der Waals surface area (Å²) >= 11 is 0. The first-order valence-electron chi connectivity index (χ1n) is 12.9. The van der Waals surface area contributed by atoms with E-state index in [1.54, 1.807) is 0 Å². The minimum atomic E-state index is -1.08. The molecule has 0 radical (unpaired) electrons. The third kappa shape index (κ3) is 6.16. The minimum absolute atomic E-state index is 0. The van der Waals surface area contributed by atoms with Crippen molar-refractivity contribution in [1.29, 1.82) is 0 Å². The molecule has 0 bridgehead atoms. The van der Waals surface area contributed by atoms with Gasteiger partial charge in [-0.1, -0.05) is 36.4 Å². The van der Waals surface area contributed by atoms with E-state index in [1.165, 1.54) is 54.8 Å². The first kappa shape index (κ1) is 28.4. The number of para-hydroxylation sites is 1. The van der Waals surface area contributed by atoms with Crippen molar-refractivity contribution in [3.63, 3.8) is 0 Å². The highest BCUT2D eigenvalue weighted by Crippen LogP contribution is 2.31. The molecule has 1 atom stereocenters. The Labute approximate surface area is 233 Å². The predicted octanol–water partition coefficient (Wildman–Crippen LogP) is 3.59. The van der Waals surface area contributed by atoms with Crippen molar-refractivity contribution < 1.29 is 19.8 Å². The van der Waals surface area contributed by atoms with Gasteiger partial charge < -0.3 is 20.4 Å². The SMILES string of the molecule is CC1(C(=O)O)C=CC=C(C(=O)O)C1.Cl.c1ccc(-n2ncc3ccc(N4CC(N5CCNCC5)C4)cc32)cc1. The average molecular weight is 552 g/mol. The van der Waals surface area contributed by atoms with Crippen LogP contribution in [0.25, 0.3) is 16.6 Å². The summed E-state index contributed by atoms with van der Waals surface area (Å²) in [4.78, 5) is 26.4. The number of carbonyl (C=O) groups is 2. The Hall–Kier alpha value is -3.66. The zero-order valence-electron chi connectivity index (χ0n) is 21.9. The average Bonchev–Trinajstić information content (AvgIpc) is 3.33. The number of halogens is 1. The van der Waals surface area contributed by atoms with Gasteiger partial charge >= 0.3 is 11.9 Å². The van der Waals surface area contributed by atoms with Crippen LogP contribution in [0.15, 0.2) is 78.5 Å². The molecule has 1 aliphatic carbocycles. The number of nitrogens with zero attached hydrogens (tertiary/aromatic N) is 4. The summed E-state index contributed by atoms with van der Waals surface area (Å²) in [5.41, 5.74) is 2.64. The highest BCUT2D eigenvalue weighted by atomic mass is 35.5. The molecule has 10 heteroatoms. The molecule has 3 heterocycles. The van der Waals surface area contributed by atoms with E-state index < -0.39 is 17.4 Å². The zero-order valence-corrected chi connectivity index (χ0v) is 22.7. The molecule has 0 amide bonds. The smallest absolute Gasteiger partial charge is 0.331 e. The van der Waals surface area contributed by atoms with Crippen LogP contribution in [-0.2, 0) is 9.59 Å². The number of hydrogen-bond donors (Lipinski definition) is 3. The number of aliphatic carboxylic acids is 2. The molecule has 2 saturated heterocycles. The fraction of sp³-hybridized carbons (Fsp3) is 0.345. The Balaban J connectivity index is 0.000000216. The molecule has 0 spiro atoms. The van der Waals surface area contributed by atoms with Gasteiger partial charge in [-0.05, 0) is 43.7 Å². The molecule has 3 aliphatic rings. The highest BCUT2D eigenvalue weighted by Gasteiger charge is 2.34. The maximum atomic E-state index is 10.8. The van der Waals surface area contributed by atoms with Gasteiger partial charge in [0.05, 0.1) is 22.8 Å². The number of carboxylic acid groups (broad SMARTS) is 2. The van der Waals surface area contributed by atoms with Crippen LogP contribution in [-0.4, -0.2) is 82.1 Å². The van der Waals surface area contributed by atoms with E-state index in [1.807, 2.05) is 16.9 Å². The molecule has 6 rings (SSSR count). The van der Waals surface area contributed by atoms with Gasteiger partial charge in [0.1, 0.15) is 0 Å². The maximum absolute atomic E-state index is 10.8. The largest absolute Gasteiger partial charge is 0.481 e. The molecule has 0 saturated carbocycles. The van der Waals surface area contributed by atoms with Crippen LogP contribution in [0.5, 0.6) is 0 Å². The maximum Gasteiger partial charge on any atom is 0.331 e. The molecule has 3 aromatic rings. The number of carboxylic acids is 2. The summed E-state index contributed by atoms with van der Waals surface area (Å²) in [6.07, 6.45) is 6.38. The number of piperazine rings is 1. The van der Waals surface area contributed by atoms with Crippen LogP contribution in [0.3, 0.4) is 0 Å². The van der Waals surface area contributed by atoms with Crippen molar-refractivity contribution in [1.82, 2.24) is 20.0 Å². The molecular formula is C29H34ClN5O4. The third-order valence-corrected chi connectivity index (χ3v) is 7.53. The summed E-state index contributed by atoms with van der Waals surface area (Å²) in [5.74, 6) is -2.06. The Morgan fingerprint density at radius 1 is 1.03 bits per heavy atom. The number of benzene rings is 2. The summed E-state index contributed by atoms with van der Waals surface area (Å²) in [5, 5.41) is 26.7. The number of allylic oxidation sites excluding steroid dienone is 2. The van der Waals surface area contributed by atoms with Crippen molar-refractivity contribution in [3.8, 4) is 5.69 Å². The lowest BCUT2D eigenvalue weighted by Crippen LogP contribution is -2.62. The molecule has 2 fully saturated rings. The summed E-state index contributed by atoms with van der Waals surface area (Å²) in [7, 11) is 0. The second-order valence-electron chi connectivity index (χ2n) is 10.2. The van der Waals surface area contributed by atoms with Gasteiger partial charge in [-0.15, -0.1) is 12.4 Å². The van der Waals surface area contributed by atoms with Gasteiger partial charge in [0.2, 0.25) is 0 Å². The molecule has 9 nitrogen and oxygen atoms in total. The lowest BCUT2D eigenvalue weighted by molar-refractivity contribution is -0.145. The minimum Gasteiger partial charge on any atom is -0.481 e. The van der Waals surface area contributed by atoms with Gasteiger partial charge in [0.25, 0.3) is 0 Å². The quantitative estimate of drug-likeness (QED) is 0.441. The van der Waals surface area contributed by atoms with E-state index >= 15 is 0 Å². The molecule has 1 aromatic heterocycles. The number of aromatic nitrogens is 2. The molecule has 1 unspecified atom stereocenters. The van der Waals surface area contributed by atoms with E-state index in [0.717, 1.165) is 31.9 Å². The van der Waals surface area contributed by atoms with Crippen molar-refractivity contribution in [2.45, 2.75) is 19.4 Å². The van der Waals surface area contributed by atoms with Crippen LogP contribution in [0, 0.1) is 5.41 Å². The number of hydrogen-bond acceptors (Lipinski definition) is 6. The van der Waals surface area contributed by atoms with Crippen LogP contribution >= 0.6 is 12.4 Å². The molecule has 2 aliphatic heterocycles. The van der Waals surface area contributed by atoms with E-state index in [2.05, 4.69) is 62.7 Å². The van der Waals surface area contributed by atoms with Crippen molar-refractivity contribution in [2.24, 2.45) is 5.41 Å². The fourth-order valence-electron chi connectivity index (χ4n) is 5.11. The standard InChI is InChI=1S/C20H23N5.C9H10O4.ClH/c1-2-4-17(5-3-1)25-20-12-18(7-6-16(20)13-22-25)24-14-19(15-24)23-10-8-21-9-11-23;1-9(8(12)13)4-2-3-6(5-9)7(10)11;/h1-7,12-13,19,21H,8-11,14-15H2;2-4H,5H2,1H3,(H,10,11)(H,12,13);1H. The molecular weight excluding hydrogens is 518 g/mol. The number of nitrogens with one attached hydrogen (secondary N) is 1. The van der Waals surface area contributed by atoms with Crippen molar-refractivity contribution in [3.05, 3.63) is 78.5 Å². The van der Waals surface area contributed by atoms with Crippen LogP contribution < -0.4 is 10.2 Å².